The fourth-order valence-corrected chi connectivity index (χ4v) is 2.22. The van der Waals surface area contributed by atoms with Crippen LogP contribution in [-0.2, 0) is 6.54 Å². The lowest BCUT2D eigenvalue weighted by atomic mass is 10.2. The van der Waals surface area contributed by atoms with Crippen LogP contribution in [-0.4, -0.2) is 31.0 Å². The molecule has 0 bridgehead atoms. The summed E-state index contributed by atoms with van der Waals surface area (Å²) in [5, 5.41) is 3.08. The molecule has 124 valence electrons. The van der Waals surface area contributed by atoms with Gasteiger partial charge in [0.1, 0.15) is 0 Å². The van der Waals surface area contributed by atoms with Crippen molar-refractivity contribution >= 4 is 35.6 Å². The third-order valence-electron chi connectivity index (χ3n) is 3.32. The maximum Gasteiger partial charge on any atom is 0.193 e. The Labute approximate surface area is 155 Å². The van der Waals surface area contributed by atoms with E-state index < -0.39 is 0 Å². The molecule has 0 amide bonds. The molecule has 0 spiro atoms. The molecule has 0 saturated heterocycles. The van der Waals surface area contributed by atoms with Crippen LogP contribution in [0.25, 0.3) is 0 Å². The Balaban J connectivity index is 0.00000264. The SMILES string of the molecule is CN(CCCN=C(N)Nc1ccccc1)Cc1ccccc1.I. The van der Waals surface area contributed by atoms with E-state index >= 15 is 0 Å². The van der Waals surface area contributed by atoms with Crippen LogP contribution in [0.2, 0.25) is 0 Å². The molecule has 0 heterocycles. The molecule has 0 unspecified atom stereocenters. The number of nitrogens with zero attached hydrogens (tertiary/aromatic N) is 2. The van der Waals surface area contributed by atoms with Gasteiger partial charge in [-0.3, -0.25) is 4.99 Å². The van der Waals surface area contributed by atoms with E-state index in [9.17, 15) is 0 Å². The first-order chi connectivity index (χ1) is 10.7. The summed E-state index contributed by atoms with van der Waals surface area (Å²) in [6.07, 6.45) is 0.987. The van der Waals surface area contributed by atoms with Gasteiger partial charge in [-0.2, -0.15) is 0 Å². The summed E-state index contributed by atoms with van der Waals surface area (Å²) in [6, 6.07) is 20.3. The molecule has 0 atom stereocenters. The van der Waals surface area contributed by atoms with Gasteiger partial charge in [0, 0.05) is 18.8 Å². The van der Waals surface area contributed by atoms with Crippen molar-refractivity contribution in [1.82, 2.24) is 4.90 Å². The van der Waals surface area contributed by atoms with Crippen LogP contribution >= 0.6 is 24.0 Å². The number of nitrogens with two attached hydrogens (primary N) is 1. The molecular weight excluding hydrogens is 399 g/mol. The fourth-order valence-electron chi connectivity index (χ4n) is 2.22. The minimum absolute atomic E-state index is 0. The number of nitrogens with one attached hydrogen (secondary N) is 1. The molecule has 2 aromatic carbocycles. The highest BCUT2D eigenvalue weighted by atomic mass is 127. The van der Waals surface area contributed by atoms with Gasteiger partial charge in [0.25, 0.3) is 0 Å². The normalized spacial score (nSPS) is 11.1. The zero-order valence-electron chi connectivity index (χ0n) is 13.5. The van der Waals surface area contributed by atoms with Gasteiger partial charge in [-0.1, -0.05) is 48.5 Å². The van der Waals surface area contributed by atoms with Crippen molar-refractivity contribution in [1.29, 1.82) is 0 Å². The van der Waals surface area contributed by atoms with E-state index in [0.717, 1.165) is 31.7 Å². The Morgan fingerprint density at radius 1 is 1.04 bits per heavy atom. The first-order valence-electron chi connectivity index (χ1n) is 7.58. The maximum atomic E-state index is 5.87. The molecule has 4 nitrogen and oxygen atoms in total. The van der Waals surface area contributed by atoms with Crippen molar-refractivity contribution in [2.45, 2.75) is 13.0 Å². The lowest BCUT2D eigenvalue weighted by Crippen LogP contribution is -2.24. The molecule has 0 fully saturated rings. The van der Waals surface area contributed by atoms with Crippen molar-refractivity contribution < 1.29 is 0 Å². The molecule has 2 aromatic rings. The summed E-state index contributed by atoms with van der Waals surface area (Å²) in [6.45, 7) is 2.68. The first-order valence-corrected chi connectivity index (χ1v) is 7.58. The third kappa shape index (κ3) is 7.99. The zero-order valence-corrected chi connectivity index (χ0v) is 15.8. The molecule has 0 aliphatic rings. The smallest absolute Gasteiger partial charge is 0.193 e. The van der Waals surface area contributed by atoms with Crippen molar-refractivity contribution in [2.24, 2.45) is 10.7 Å². The van der Waals surface area contributed by atoms with Gasteiger partial charge in [-0.05, 0) is 37.7 Å². The molecule has 0 aliphatic carbocycles. The largest absolute Gasteiger partial charge is 0.370 e. The van der Waals surface area contributed by atoms with E-state index in [0.29, 0.717) is 5.96 Å². The van der Waals surface area contributed by atoms with E-state index in [1.807, 2.05) is 36.4 Å². The summed E-state index contributed by atoms with van der Waals surface area (Å²) in [5.41, 5.74) is 8.17. The Hall–Kier alpha value is -1.60. The molecule has 2 rings (SSSR count). The van der Waals surface area contributed by atoms with E-state index in [2.05, 4.69) is 46.5 Å². The Bertz CT molecular complexity index is 572. The predicted molar refractivity (Wildman–Crippen MR) is 109 cm³/mol. The summed E-state index contributed by atoms with van der Waals surface area (Å²) in [7, 11) is 2.13. The second kappa shape index (κ2) is 11.0. The average molecular weight is 424 g/mol. The van der Waals surface area contributed by atoms with Gasteiger partial charge in [0.05, 0.1) is 0 Å². The quantitative estimate of drug-likeness (QED) is 0.309. The average Bonchev–Trinajstić information content (AvgIpc) is 2.53. The van der Waals surface area contributed by atoms with Crippen LogP contribution in [0.5, 0.6) is 0 Å². The van der Waals surface area contributed by atoms with Crippen LogP contribution in [0.1, 0.15) is 12.0 Å². The molecule has 0 aliphatic heterocycles. The van der Waals surface area contributed by atoms with Crippen LogP contribution in [0.15, 0.2) is 65.7 Å². The van der Waals surface area contributed by atoms with Crippen LogP contribution < -0.4 is 11.1 Å². The summed E-state index contributed by atoms with van der Waals surface area (Å²) >= 11 is 0. The number of rotatable bonds is 7. The minimum Gasteiger partial charge on any atom is -0.370 e. The predicted octanol–water partition coefficient (Wildman–Crippen LogP) is 3.55. The number of aliphatic imine (C=N–C) groups is 1. The summed E-state index contributed by atoms with van der Waals surface area (Å²) < 4.78 is 0. The summed E-state index contributed by atoms with van der Waals surface area (Å²) in [4.78, 5) is 6.65. The van der Waals surface area contributed by atoms with Crippen molar-refractivity contribution in [3.8, 4) is 0 Å². The number of hydrogen-bond donors (Lipinski definition) is 2. The molecular formula is C18H25IN4. The lowest BCUT2D eigenvalue weighted by Gasteiger charge is -2.16. The maximum absolute atomic E-state index is 5.87. The number of benzene rings is 2. The number of halogens is 1. The van der Waals surface area contributed by atoms with E-state index in [4.69, 9.17) is 5.73 Å². The van der Waals surface area contributed by atoms with E-state index in [1.54, 1.807) is 0 Å². The highest BCUT2D eigenvalue weighted by Crippen LogP contribution is 2.04. The van der Waals surface area contributed by atoms with Gasteiger partial charge >= 0.3 is 0 Å². The topological polar surface area (TPSA) is 53.6 Å². The molecule has 0 aromatic heterocycles. The second-order valence-corrected chi connectivity index (χ2v) is 5.33. The Morgan fingerprint density at radius 3 is 2.30 bits per heavy atom. The van der Waals surface area contributed by atoms with Gasteiger partial charge in [-0.25, -0.2) is 0 Å². The first kappa shape index (κ1) is 19.4. The summed E-state index contributed by atoms with van der Waals surface area (Å²) in [5.74, 6) is 0.469. The van der Waals surface area contributed by atoms with Gasteiger partial charge < -0.3 is 16.0 Å². The van der Waals surface area contributed by atoms with Gasteiger partial charge in [-0.15, -0.1) is 24.0 Å². The molecule has 23 heavy (non-hydrogen) atoms. The zero-order chi connectivity index (χ0) is 15.6. The van der Waals surface area contributed by atoms with Gasteiger partial charge in [0.2, 0.25) is 0 Å². The van der Waals surface area contributed by atoms with Crippen LogP contribution in [0, 0.1) is 0 Å². The van der Waals surface area contributed by atoms with Crippen LogP contribution in [0.4, 0.5) is 5.69 Å². The fraction of sp³-hybridized carbons (Fsp3) is 0.278. The molecule has 5 heteroatoms. The Kier molecular flexibility index (Phi) is 9.31. The van der Waals surface area contributed by atoms with Crippen molar-refractivity contribution in [3.63, 3.8) is 0 Å². The Morgan fingerprint density at radius 2 is 1.65 bits per heavy atom. The highest BCUT2D eigenvalue weighted by Gasteiger charge is 1.99. The van der Waals surface area contributed by atoms with Crippen molar-refractivity contribution in [2.75, 3.05) is 25.5 Å². The van der Waals surface area contributed by atoms with Crippen LogP contribution in [0.3, 0.4) is 0 Å². The molecule has 0 saturated carbocycles. The monoisotopic (exact) mass is 424 g/mol. The van der Waals surface area contributed by atoms with Crippen molar-refractivity contribution in [3.05, 3.63) is 66.2 Å². The lowest BCUT2D eigenvalue weighted by molar-refractivity contribution is 0.324. The van der Waals surface area contributed by atoms with E-state index in [1.165, 1.54) is 5.56 Å². The minimum atomic E-state index is 0. The third-order valence-corrected chi connectivity index (χ3v) is 3.32. The molecule has 0 radical (unpaired) electrons. The standard InChI is InChI=1S/C18H24N4.HI/c1-22(15-16-9-4-2-5-10-16)14-8-13-20-18(19)21-17-11-6-3-7-12-17;/h2-7,9-12H,8,13-15H2,1H3,(H3,19,20,21);1H. The second-order valence-electron chi connectivity index (χ2n) is 5.33. The number of anilines is 1. The molecule has 3 N–H and O–H groups in total. The number of hydrogen-bond acceptors (Lipinski definition) is 2. The van der Waals surface area contributed by atoms with Gasteiger partial charge in [0.15, 0.2) is 5.96 Å². The number of para-hydroxylation sites is 1. The highest BCUT2D eigenvalue weighted by molar-refractivity contribution is 14.0. The number of guanidine groups is 1. The van der Waals surface area contributed by atoms with E-state index in [-0.39, 0.29) is 24.0 Å².